The van der Waals surface area contributed by atoms with E-state index >= 15 is 0 Å². The molecule has 148 valence electrons. The first-order valence-corrected chi connectivity index (χ1v) is 10.4. The van der Waals surface area contributed by atoms with Crippen molar-refractivity contribution in [2.24, 2.45) is 0 Å². The average Bonchev–Trinajstić information content (AvgIpc) is 3.16. The lowest BCUT2D eigenvalue weighted by Gasteiger charge is -2.32. The number of para-hydroxylation sites is 2. The summed E-state index contributed by atoms with van der Waals surface area (Å²) in [6.45, 7) is 8.26. The minimum atomic E-state index is -0.417. The summed E-state index contributed by atoms with van der Waals surface area (Å²) in [5.41, 5.74) is 3.29. The first kappa shape index (κ1) is 17.9. The van der Waals surface area contributed by atoms with Crippen molar-refractivity contribution in [2.75, 3.05) is 0 Å². The molecule has 1 aliphatic rings. The second kappa shape index (κ2) is 5.62. The van der Waals surface area contributed by atoms with Gasteiger partial charge in [0.05, 0.1) is 27.8 Å². The van der Waals surface area contributed by atoms with E-state index < -0.39 is 7.12 Å². The van der Waals surface area contributed by atoms with Crippen LogP contribution in [-0.4, -0.2) is 22.7 Å². The van der Waals surface area contributed by atoms with Crippen molar-refractivity contribution < 1.29 is 9.31 Å². The predicted molar refractivity (Wildman–Crippen MR) is 123 cm³/mol. The van der Waals surface area contributed by atoms with Gasteiger partial charge in [-0.25, -0.2) is 0 Å². The van der Waals surface area contributed by atoms with E-state index in [9.17, 15) is 4.79 Å². The maximum Gasteiger partial charge on any atom is 0.494 e. The third-order valence-electron chi connectivity index (χ3n) is 6.97. The quantitative estimate of drug-likeness (QED) is 0.310. The lowest BCUT2D eigenvalue weighted by Crippen LogP contribution is -2.41. The van der Waals surface area contributed by atoms with Crippen molar-refractivity contribution in [1.29, 1.82) is 0 Å². The van der Waals surface area contributed by atoms with E-state index in [2.05, 4.69) is 56.4 Å². The molecule has 0 saturated carbocycles. The Labute approximate surface area is 174 Å². The summed E-state index contributed by atoms with van der Waals surface area (Å²) in [6, 6.07) is 20.2. The highest BCUT2D eigenvalue weighted by atomic mass is 16.7. The second-order valence-corrected chi connectivity index (χ2v) is 9.25. The van der Waals surface area contributed by atoms with Gasteiger partial charge in [0.25, 0.3) is 0 Å². The van der Waals surface area contributed by atoms with Crippen LogP contribution in [0.2, 0.25) is 0 Å². The molecule has 3 heterocycles. The molecule has 0 radical (unpaired) electrons. The highest BCUT2D eigenvalue weighted by Gasteiger charge is 2.51. The molecule has 4 nitrogen and oxygen atoms in total. The summed E-state index contributed by atoms with van der Waals surface area (Å²) in [5, 5.41) is 3.66. The fraction of sp³-hybridized carbons (Fsp3) is 0.240. The van der Waals surface area contributed by atoms with Gasteiger partial charge in [0, 0.05) is 21.5 Å². The molecule has 1 aliphatic heterocycles. The molecule has 1 saturated heterocycles. The number of benzene rings is 3. The van der Waals surface area contributed by atoms with Crippen LogP contribution in [0, 0.1) is 0 Å². The molecule has 0 amide bonds. The van der Waals surface area contributed by atoms with Gasteiger partial charge in [-0.1, -0.05) is 36.4 Å². The fourth-order valence-corrected chi connectivity index (χ4v) is 4.65. The van der Waals surface area contributed by atoms with Crippen LogP contribution in [0.3, 0.4) is 0 Å². The Bertz CT molecular complexity index is 1520. The van der Waals surface area contributed by atoms with Gasteiger partial charge in [-0.2, -0.15) is 0 Å². The Balaban J connectivity index is 1.69. The second-order valence-electron chi connectivity index (χ2n) is 9.25. The number of fused-ring (bicyclic) bond motifs is 5. The molecule has 5 aromatic rings. The number of nitrogens with zero attached hydrogens (tertiary/aromatic N) is 1. The number of rotatable bonds is 1. The van der Waals surface area contributed by atoms with Gasteiger partial charge in [-0.15, -0.1) is 0 Å². The molecule has 0 spiro atoms. The maximum absolute atomic E-state index is 13.1. The molecule has 2 aromatic heterocycles. The molecule has 0 aliphatic carbocycles. The van der Waals surface area contributed by atoms with Crippen LogP contribution in [0.4, 0.5) is 0 Å². The van der Waals surface area contributed by atoms with Crippen LogP contribution in [0.5, 0.6) is 0 Å². The number of hydrogen-bond donors (Lipinski definition) is 0. The monoisotopic (exact) mass is 395 g/mol. The minimum absolute atomic E-state index is 0.0812. The van der Waals surface area contributed by atoms with Crippen molar-refractivity contribution in [3.63, 3.8) is 0 Å². The Kier molecular flexibility index (Phi) is 3.36. The van der Waals surface area contributed by atoms with Gasteiger partial charge in [-0.05, 0) is 57.4 Å². The summed E-state index contributed by atoms with van der Waals surface area (Å²) >= 11 is 0. The van der Waals surface area contributed by atoms with Gasteiger partial charge in [0.2, 0.25) is 0 Å². The fourth-order valence-electron chi connectivity index (χ4n) is 4.65. The summed E-state index contributed by atoms with van der Waals surface area (Å²) < 4.78 is 14.8. The van der Waals surface area contributed by atoms with Crippen molar-refractivity contribution in [2.45, 2.75) is 38.9 Å². The van der Waals surface area contributed by atoms with E-state index in [1.807, 2.05) is 36.4 Å². The van der Waals surface area contributed by atoms with Crippen LogP contribution in [0.15, 0.2) is 65.5 Å². The Morgan fingerprint density at radius 3 is 2.13 bits per heavy atom. The van der Waals surface area contributed by atoms with Gasteiger partial charge in [0.1, 0.15) is 0 Å². The first-order chi connectivity index (χ1) is 14.3. The molecule has 3 aromatic carbocycles. The molecule has 0 atom stereocenters. The van der Waals surface area contributed by atoms with Crippen molar-refractivity contribution in [3.05, 3.63) is 70.9 Å². The van der Waals surface area contributed by atoms with Gasteiger partial charge in [-0.3, -0.25) is 4.79 Å². The van der Waals surface area contributed by atoms with Crippen LogP contribution < -0.4 is 10.9 Å². The zero-order valence-electron chi connectivity index (χ0n) is 17.5. The Hall–Kier alpha value is -2.89. The maximum atomic E-state index is 13.1. The number of hydrogen-bond acceptors (Lipinski definition) is 3. The lowest BCUT2D eigenvalue weighted by atomic mass is 9.78. The topological polar surface area (TPSA) is 39.9 Å². The highest BCUT2D eigenvalue weighted by Crippen LogP contribution is 2.37. The molecule has 30 heavy (non-hydrogen) atoms. The summed E-state index contributed by atoms with van der Waals surface area (Å²) in [5.74, 6) is 0. The first-order valence-electron chi connectivity index (χ1n) is 10.4. The largest absolute Gasteiger partial charge is 0.494 e. The van der Waals surface area contributed by atoms with E-state index in [0.29, 0.717) is 0 Å². The molecule has 0 N–H and O–H groups in total. The van der Waals surface area contributed by atoms with Crippen molar-refractivity contribution in [1.82, 2.24) is 4.40 Å². The molecule has 5 heteroatoms. The Morgan fingerprint density at radius 2 is 1.37 bits per heavy atom. The molecule has 6 rings (SSSR count). The number of aromatic nitrogens is 1. The SMILES string of the molecule is CC1(C)OB(c2ccc3c(c2)c2cccc4c(=O)c5ccccc5n3c42)OC1(C)C. The molecular weight excluding hydrogens is 373 g/mol. The molecule has 1 fully saturated rings. The van der Waals surface area contributed by atoms with Gasteiger partial charge in [0.15, 0.2) is 5.43 Å². The zero-order valence-corrected chi connectivity index (χ0v) is 17.5. The Morgan fingerprint density at radius 1 is 0.733 bits per heavy atom. The molecule has 0 unspecified atom stereocenters. The average molecular weight is 395 g/mol. The van der Waals surface area contributed by atoms with Crippen molar-refractivity contribution >= 4 is 50.7 Å². The van der Waals surface area contributed by atoms with E-state index in [0.717, 1.165) is 43.6 Å². The summed E-state index contributed by atoms with van der Waals surface area (Å²) in [7, 11) is -0.417. The number of pyridine rings is 1. The standard InChI is InChI=1S/C25H22BNO3/c1-24(2)25(3,4)30-26(29-24)15-12-13-21-19(14-15)16-9-7-10-18-22(16)27(21)20-11-6-5-8-17(20)23(18)28/h5-14H,1-4H3. The van der Waals surface area contributed by atoms with Gasteiger partial charge >= 0.3 is 7.12 Å². The van der Waals surface area contributed by atoms with Crippen LogP contribution in [0.1, 0.15) is 27.7 Å². The molecular formula is C25H22BNO3. The van der Waals surface area contributed by atoms with Gasteiger partial charge < -0.3 is 13.7 Å². The minimum Gasteiger partial charge on any atom is -0.399 e. The van der Waals surface area contributed by atoms with Crippen molar-refractivity contribution in [3.8, 4) is 0 Å². The lowest BCUT2D eigenvalue weighted by molar-refractivity contribution is 0.00578. The van der Waals surface area contributed by atoms with Crippen LogP contribution in [0.25, 0.3) is 38.1 Å². The van der Waals surface area contributed by atoms with E-state index in [1.54, 1.807) is 0 Å². The van der Waals surface area contributed by atoms with Crippen LogP contribution in [-0.2, 0) is 9.31 Å². The third-order valence-corrected chi connectivity index (χ3v) is 6.97. The predicted octanol–water partition coefficient (Wildman–Crippen LogP) is 4.50. The smallest absolute Gasteiger partial charge is 0.399 e. The normalized spacial score (nSPS) is 18.3. The summed E-state index contributed by atoms with van der Waals surface area (Å²) in [4.78, 5) is 13.1. The molecule has 0 bridgehead atoms. The van der Waals surface area contributed by atoms with E-state index in [1.165, 1.54) is 0 Å². The third kappa shape index (κ3) is 2.17. The highest BCUT2D eigenvalue weighted by molar-refractivity contribution is 6.62. The van der Waals surface area contributed by atoms with E-state index in [-0.39, 0.29) is 16.6 Å². The zero-order chi connectivity index (χ0) is 20.8. The van der Waals surface area contributed by atoms with Crippen LogP contribution >= 0.6 is 0 Å². The summed E-state index contributed by atoms with van der Waals surface area (Å²) in [6.07, 6.45) is 0. The van der Waals surface area contributed by atoms with E-state index in [4.69, 9.17) is 9.31 Å².